The molecular formula is C21H17ClN4O2. The highest BCUT2D eigenvalue weighted by Crippen LogP contribution is 2.23. The number of para-hydroxylation sites is 1. The Balaban J connectivity index is 1.76. The SMILES string of the molecule is CCOc1ccc2cc(/C=N/n3c(C)nc4ccccc4c3=O)c(Cl)nc2c1. The minimum atomic E-state index is -0.231. The fourth-order valence-electron chi connectivity index (χ4n) is 2.98. The van der Waals surface area contributed by atoms with Gasteiger partial charge >= 0.3 is 0 Å². The first-order valence-corrected chi connectivity index (χ1v) is 9.20. The van der Waals surface area contributed by atoms with Gasteiger partial charge in [0.15, 0.2) is 0 Å². The summed E-state index contributed by atoms with van der Waals surface area (Å²) in [6.45, 7) is 4.24. The highest BCUT2D eigenvalue weighted by molar-refractivity contribution is 6.32. The molecule has 28 heavy (non-hydrogen) atoms. The van der Waals surface area contributed by atoms with Gasteiger partial charge in [-0.05, 0) is 44.2 Å². The minimum absolute atomic E-state index is 0.231. The third-order valence-electron chi connectivity index (χ3n) is 4.31. The molecule has 0 amide bonds. The molecule has 7 heteroatoms. The summed E-state index contributed by atoms with van der Waals surface area (Å²) >= 11 is 6.33. The van der Waals surface area contributed by atoms with Crippen LogP contribution in [0.2, 0.25) is 5.15 Å². The van der Waals surface area contributed by atoms with E-state index in [-0.39, 0.29) is 5.56 Å². The van der Waals surface area contributed by atoms with E-state index in [4.69, 9.17) is 16.3 Å². The van der Waals surface area contributed by atoms with Crippen LogP contribution in [0.3, 0.4) is 0 Å². The molecule has 0 atom stereocenters. The molecule has 4 rings (SSSR count). The first-order valence-electron chi connectivity index (χ1n) is 8.82. The molecule has 0 aliphatic rings. The zero-order valence-electron chi connectivity index (χ0n) is 15.4. The smallest absolute Gasteiger partial charge is 0.282 e. The molecule has 2 aromatic heterocycles. The number of rotatable bonds is 4. The van der Waals surface area contributed by atoms with Crippen LogP contribution in [0.25, 0.3) is 21.8 Å². The maximum absolute atomic E-state index is 12.7. The van der Waals surface area contributed by atoms with Crippen LogP contribution >= 0.6 is 11.6 Å². The van der Waals surface area contributed by atoms with E-state index in [2.05, 4.69) is 15.1 Å². The van der Waals surface area contributed by atoms with E-state index in [0.29, 0.717) is 34.1 Å². The number of aromatic nitrogens is 3. The molecule has 140 valence electrons. The number of hydrogen-bond acceptors (Lipinski definition) is 5. The number of ether oxygens (including phenoxy) is 1. The zero-order valence-corrected chi connectivity index (χ0v) is 16.1. The Bertz CT molecular complexity index is 1280. The van der Waals surface area contributed by atoms with E-state index in [1.165, 1.54) is 10.9 Å². The molecule has 0 aliphatic carbocycles. The molecule has 0 aliphatic heterocycles. The summed E-state index contributed by atoms with van der Waals surface area (Å²) in [5.41, 5.74) is 1.75. The number of halogens is 1. The predicted molar refractivity (Wildman–Crippen MR) is 112 cm³/mol. The highest BCUT2D eigenvalue weighted by Gasteiger charge is 2.08. The molecule has 0 N–H and O–H groups in total. The Hall–Kier alpha value is -3.25. The lowest BCUT2D eigenvalue weighted by atomic mass is 10.1. The van der Waals surface area contributed by atoms with Crippen molar-refractivity contribution in [1.29, 1.82) is 0 Å². The van der Waals surface area contributed by atoms with Crippen molar-refractivity contribution in [3.05, 3.63) is 75.4 Å². The first kappa shape index (κ1) is 18.1. The van der Waals surface area contributed by atoms with Crippen LogP contribution in [0.5, 0.6) is 5.75 Å². The molecule has 0 saturated carbocycles. The summed E-state index contributed by atoms with van der Waals surface area (Å²) in [4.78, 5) is 21.6. The number of pyridine rings is 1. The molecule has 2 heterocycles. The first-order chi connectivity index (χ1) is 13.6. The average Bonchev–Trinajstić information content (AvgIpc) is 2.68. The fourth-order valence-corrected chi connectivity index (χ4v) is 3.17. The van der Waals surface area contributed by atoms with Gasteiger partial charge in [0.25, 0.3) is 5.56 Å². The normalized spacial score (nSPS) is 11.5. The van der Waals surface area contributed by atoms with Crippen LogP contribution in [0.1, 0.15) is 18.3 Å². The van der Waals surface area contributed by atoms with Gasteiger partial charge in [0.1, 0.15) is 16.7 Å². The zero-order chi connectivity index (χ0) is 19.7. The van der Waals surface area contributed by atoms with Gasteiger partial charge in [-0.3, -0.25) is 4.79 Å². The molecule has 2 aromatic carbocycles. The molecule has 0 bridgehead atoms. The third-order valence-corrected chi connectivity index (χ3v) is 4.61. The number of benzene rings is 2. The second-order valence-electron chi connectivity index (χ2n) is 6.19. The largest absolute Gasteiger partial charge is 0.494 e. The van der Waals surface area contributed by atoms with Gasteiger partial charge in [0.2, 0.25) is 0 Å². The van der Waals surface area contributed by atoms with E-state index in [1.807, 2.05) is 37.3 Å². The maximum atomic E-state index is 12.7. The second-order valence-corrected chi connectivity index (χ2v) is 6.55. The van der Waals surface area contributed by atoms with Crippen LogP contribution in [-0.2, 0) is 0 Å². The molecule has 0 unspecified atom stereocenters. The van der Waals surface area contributed by atoms with Crippen LogP contribution in [0.15, 0.2) is 58.4 Å². The molecule has 0 spiro atoms. The molecule has 4 aromatic rings. The Morgan fingerprint density at radius 2 is 1.96 bits per heavy atom. The van der Waals surface area contributed by atoms with Crippen molar-refractivity contribution in [2.45, 2.75) is 13.8 Å². The van der Waals surface area contributed by atoms with Crippen LogP contribution in [0, 0.1) is 6.92 Å². The summed E-state index contributed by atoms with van der Waals surface area (Å²) in [5, 5.41) is 6.01. The van der Waals surface area contributed by atoms with Gasteiger partial charge in [-0.1, -0.05) is 23.7 Å². The Morgan fingerprint density at radius 1 is 1.14 bits per heavy atom. The molecule has 6 nitrogen and oxygen atoms in total. The molecule has 0 saturated heterocycles. The van der Waals surface area contributed by atoms with Gasteiger partial charge in [0, 0.05) is 17.0 Å². The summed E-state index contributed by atoms with van der Waals surface area (Å²) < 4.78 is 6.76. The lowest BCUT2D eigenvalue weighted by Crippen LogP contribution is -2.20. The van der Waals surface area contributed by atoms with Gasteiger partial charge in [-0.25, -0.2) is 9.97 Å². The lowest BCUT2D eigenvalue weighted by molar-refractivity contribution is 0.340. The van der Waals surface area contributed by atoms with Crippen molar-refractivity contribution in [3.8, 4) is 5.75 Å². The monoisotopic (exact) mass is 392 g/mol. The number of nitrogens with zero attached hydrogens (tertiary/aromatic N) is 4. The van der Waals surface area contributed by atoms with E-state index < -0.39 is 0 Å². The van der Waals surface area contributed by atoms with Gasteiger partial charge in [0.05, 0.1) is 29.2 Å². The predicted octanol–water partition coefficient (Wildman–Crippen LogP) is 4.19. The Labute approximate surface area is 166 Å². The third kappa shape index (κ3) is 3.34. The summed E-state index contributed by atoms with van der Waals surface area (Å²) in [6.07, 6.45) is 1.52. The van der Waals surface area contributed by atoms with Crippen LogP contribution < -0.4 is 10.3 Å². The second kappa shape index (κ2) is 7.40. The molecule has 0 radical (unpaired) electrons. The Morgan fingerprint density at radius 3 is 2.79 bits per heavy atom. The van der Waals surface area contributed by atoms with Gasteiger partial charge < -0.3 is 4.74 Å². The lowest BCUT2D eigenvalue weighted by Gasteiger charge is -2.07. The molecule has 0 fully saturated rings. The quantitative estimate of drug-likeness (QED) is 0.385. The Kier molecular flexibility index (Phi) is 4.79. The van der Waals surface area contributed by atoms with Crippen molar-refractivity contribution in [2.24, 2.45) is 5.10 Å². The number of fused-ring (bicyclic) bond motifs is 2. The van der Waals surface area contributed by atoms with Crippen LogP contribution in [-0.4, -0.2) is 27.5 Å². The van der Waals surface area contributed by atoms with E-state index >= 15 is 0 Å². The summed E-state index contributed by atoms with van der Waals surface area (Å²) in [5.74, 6) is 1.23. The van der Waals surface area contributed by atoms with E-state index in [1.54, 1.807) is 25.1 Å². The maximum Gasteiger partial charge on any atom is 0.282 e. The van der Waals surface area contributed by atoms with Crippen molar-refractivity contribution >= 4 is 39.6 Å². The topological polar surface area (TPSA) is 69.4 Å². The van der Waals surface area contributed by atoms with Crippen molar-refractivity contribution in [2.75, 3.05) is 6.61 Å². The minimum Gasteiger partial charge on any atom is -0.494 e. The summed E-state index contributed by atoms with van der Waals surface area (Å²) in [7, 11) is 0. The fraction of sp³-hybridized carbons (Fsp3) is 0.143. The van der Waals surface area contributed by atoms with Gasteiger partial charge in [-0.2, -0.15) is 9.78 Å². The van der Waals surface area contributed by atoms with Gasteiger partial charge in [-0.15, -0.1) is 0 Å². The number of hydrogen-bond donors (Lipinski definition) is 0. The van der Waals surface area contributed by atoms with Crippen molar-refractivity contribution in [3.63, 3.8) is 0 Å². The van der Waals surface area contributed by atoms with Crippen molar-refractivity contribution < 1.29 is 4.74 Å². The number of aryl methyl sites for hydroxylation is 1. The highest BCUT2D eigenvalue weighted by atomic mass is 35.5. The van der Waals surface area contributed by atoms with Crippen LogP contribution in [0.4, 0.5) is 0 Å². The average molecular weight is 393 g/mol. The van der Waals surface area contributed by atoms with E-state index in [0.717, 1.165) is 16.7 Å². The standard InChI is InChI=1S/C21H17ClN4O2/c1-3-28-16-9-8-14-10-15(20(22)25-19(14)11-16)12-23-26-13(2)24-18-7-5-4-6-17(18)21(26)27/h4-12H,3H2,1-2H3/b23-12+. The van der Waals surface area contributed by atoms with Crippen molar-refractivity contribution in [1.82, 2.24) is 14.6 Å². The molecular weight excluding hydrogens is 376 g/mol. The summed E-state index contributed by atoms with van der Waals surface area (Å²) in [6, 6.07) is 14.7. The van der Waals surface area contributed by atoms with E-state index in [9.17, 15) is 4.79 Å².